The first kappa shape index (κ1) is 23.4. The Kier molecular flexibility index (Phi) is 7.93. The number of H-pyrrole nitrogens is 1. The van der Waals surface area contributed by atoms with Crippen molar-refractivity contribution in [2.75, 3.05) is 45.9 Å². The van der Waals surface area contributed by atoms with Crippen LogP contribution in [0.3, 0.4) is 0 Å². The molecule has 1 aromatic carbocycles. The number of ether oxygens (including phenoxy) is 1. The van der Waals surface area contributed by atoms with Crippen molar-refractivity contribution in [3.63, 3.8) is 0 Å². The Balaban J connectivity index is 1.49. The molecule has 9 heteroatoms. The molecule has 1 fully saturated rings. The van der Waals surface area contributed by atoms with Gasteiger partial charge in [-0.3, -0.25) is 14.6 Å². The summed E-state index contributed by atoms with van der Waals surface area (Å²) in [5.41, 5.74) is 1.60. The van der Waals surface area contributed by atoms with Crippen molar-refractivity contribution in [3.8, 4) is 11.1 Å². The maximum absolute atomic E-state index is 13.0. The molecule has 0 radical (unpaired) electrons. The Morgan fingerprint density at radius 2 is 2.19 bits per heavy atom. The molecule has 1 atom stereocenters. The lowest BCUT2D eigenvalue weighted by molar-refractivity contribution is 0.00611. The Bertz CT molecular complexity index is 1100. The summed E-state index contributed by atoms with van der Waals surface area (Å²) < 4.78 is 5.38. The van der Waals surface area contributed by atoms with Gasteiger partial charge < -0.3 is 14.8 Å². The highest BCUT2D eigenvalue weighted by Crippen LogP contribution is 2.32. The number of halogens is 1. The fraction of sp³-hybridized carbons (Fsp3) is 0.478. The van der Waals surface area contributed by atoms with E-state index in [1.807, 2.05) is 29.6 Å². The second kappa shape index (κ2) is 10.9. The van der Waals surface area contributed by atoms with Gasteiger partial charge in [-0.2, -0.15) is 0 Å². The third-order valence-electron chi connectivity index (χ3n) is 5.58. The second-order valence-corrected chi connectivity index (χ2v) is 9.45. The molecule has 0 bridgehead atoms. The topological polar surface area (TPSA) is 81.7 Å². The van der Waals surface area contributed by atoms with Crippen molar-refractivity contribution < 1.29 is 9.84 Å². The summed E-state index contributed by atoms with van der Waals surface area (Å²) in [7, 11) is 0. The number of thiophene rings is 1. The van der Waals surface area contributed by atoms with Gasteiger partial charge in [-0.1, -0.05) is 30.7 Å². The van der Waals surface area contributed by atoms with Crippen molar-refractivity contribution in [3.05, 3.63) is 50.8 Å². The van der Waals surface area contributed by atoms with Crippen LogP contribution in [0.5, 0.6) is 0 Å². The molecule has 32 heavy (non-hydrogen) atoms. The summed E-state index contributed by atoms with van der Waals surface area (Å²) in [6.45, 7) is 7.71. The Labute approximate surface area is 196 Å². The molecule has 0 spiro atoms. The molecule has 172 valence electrons. The fourth-order valence-electron chi connectivity index (χ4n) is 4.14. The molecule has 0 amide bonds. The number of rotatable bonds is 9. The quantitative estimate of drug-likeness (QED) is 0.493. The Hall–Kier alpha value is -1.81. The first-order valence-electron chi connectivity index (χ1n) is 11.0. The van der Waals surface area contributed by atoms with Crippen LogP contribution in [0.1, 0.15) is 19.2 Å². The molecule has 0 saturated carbocycles. The number of nitrogens with zero attached hydrogens (tertiary/aromatic N) is 3. The monoisotopic (exact) mass is 476 g/mol. The molecule has 4 rings (SSSR count). The van der Waals surface area contributed by atoms with Crippen LogP contribution in [0.4, 0.5) is 0 Å². The molecule has 3 aromatic rings. The zero-order valence-electron chi connectivity index (χ0n) is 18.2. The third-order valence-corrected chi connectivity index (χ3v) is 6.69. The Morgan fingerprint density at radius 1 is 1.38 bits per heavy atom. The van der Waals surface area contributed by atoms with Crippen LogP contribution in [0.2, 0.25) is 5.02 Å². The summed E-state index contributed by atoms with van der Waals surface area (Å²) in [5, 5.41) is 13.8. The lowest BCUT2D eigenvalue weighted by Gasteiger charge is -2.31. The second-order valence-electron chi connectivity index (χ2n) is 8.15. The predicted octanol–water partition coefficient (Wildman–Crippen LogP) is 3.21. The number of aromatic amines is 1. The van der Waals surface area contributed by atoms with Crippen LogP contribution in [0, 0.1) is 0 Å². The molecular formula is C23H29ClN4O3S. The summed E-state index contributed by atoms with van der Waals surface area (Å²) in [4.78, 5) is 25.7. The summed E-state index contributed by atoms with van der Waals surface area (Å²) >= 11 is 7.59. The molecule has 3 heterocycles. The average molecular weight is 477 g/mol. The van der Waals surface area contributed by atoms with Gasteiger partial charge in [0.1, 0.15) is 10.7 Å². The summed E-state index contributed by atoms with van der Waals surface area (Å²) in [5.74, 6) is 0.619. The molecule has 1 saturated heterocycles. The van der Waals surface area contributed by atoms with E-state index in [4.69, 9.17) is 21.3 Å². The number of morpholine rings is 1. The van der Waals surface area contributed by atoms with Crippen LogP contribution < -0.4 is 5.56 Å². The normalized spacial score (nSPS) is 16.1. The third kappa shape index (κ3) is 5.75. The minimum atomic E-state index is -0.466. The molecule has 2 aromatic heterocycles. The van der Waals surface area contributed by atoms with E-state index >= 15 is 0 Å². The number of aliphatic hydroxyl groups is 1. The average Bonchev–Trinajstić information content (AvgIpc) is 3.19. The maximum Gasteiger partial charge on any atom is 0.260 e. The van der Waals surface area contributed by atoms with Crippen molar-refractivity contribution in [1.82, 2.24) is 19.8 Å². The molecule has 2 N–H and O–H groups in total. The number of benzene rings is 1. The van der Waals surface area contributed by atoms with Gasteiger partial charge in [-0.25, -0.2) is 4.98 Å². The molecule has 7 nitrogen and oxygen atoms in total. The number of fused-ring (bicyclic) bond motifs is 1. The molecular weight excluding hydrogens is 448 g/mol. The van der Waals surface area contributed by atoms with Gasteiger partial charge in [0.25, 0.3) is 5.56 Å². The van der Waals surface area contributed by atoms with E-state index in [0.29, 0.717) is 53.9 Å². The largest absolute Gasteiger partial charge is 0.390 e. The van der Waals surface area contributed by atoms with Gasteiger partial charge in [-0.15, -0.1) is 11.3 Å². The van der Waals surface area contributed by atoms with Crippen LogP contribution in [-0.4, -0.2) is 76.9 Å². The van der Waals surface area contributed by atoms with Crippen LogP contribution >= 0.6 is 22.9 Å². The van der Waals surface area contributed by atoms with Gasteiger partial charge in [0.05, 0.1) is 31.2 Å². The van der Waals surface area contributed by atoms with Gasteiger partial charge in [0.15, 0.2) is 0 Å². The number of aliphatic hydroxyl groups excluding tert-OH is 1. The van der Waals surface area contributed by atoms with Gasteiger partial charge in [0.2, 0.25) is 0 Å². The number of β-amino-alcohol motifs (C(OH)–C–C–N with tert-alkyl or cyclic N) is 1. The van der Waals surface area contributed by atoms with E-state index in [2.05, 4.69) is 21.7 Å². The molecule has 1 aliphatic heterocycles. The highest BCUT2D eigenvalue weighted by Gasteiger charge is 2.19. The number of aromatic nitrogens is 2. The van der Waals surface area contributed by atoms with E-state index in [0.717, 1.165) is 37.2 Å². The van der Waals surface area contributed by atoms with E-state index < -0.39 is 6.10 Å². The lowest BCUT2D eigenvalue weighted by Crippen LogP contribution is -2.44. The van der Waals surface area contributed by atoms with Crippen LogP contribution in [0.15, 0.2) is 34.4 Å². The molecule has 0 aliphatic carbocycles. The van der Waals surface area contributed by atoms with Crippen molar-refractivity contribution in [2.45, 2.75) is 26.0 Å². The fourth-order valence-corrected chi connectivity index (χ4v) is 5.29. The van der Waals surface area contributed by atoms with E-state index in [9.17, 15) is 9.90 Å². The summed E-state index contributed by atoms with van der Waals surface area (Å²) in [6, 6.07) is 7.49. The zero-order valence-corrected chi connectivity index (χ0v) is 19.8. The first-order valence-corrected chi connectivity index (χ1v) is 12.3. The van der Waals surface area contributed by atoms with E-state index in [1.165, 1.54) is 11.3 Å². The number of hydrogen-bond donors (Lipinski definition) is 2. The lowest BCUT2D eigenvalue weighted by atomic mass is 10.1. The van der Waals surface area contributed by atoms with Crippen molar-refractivity contribution in [2.24, 2.45) is 0 Å². The highest BCUT2D eigenvalue weighted by atomic mass is 35.5. The van der Waals surface area contributed by atoms with Gasteiger partial charge in [0, 0.05) is 42.1 Å². The molecule has 1 aliphatic rings. The number of nitrogens with one attached hydrogen (secondary N) is 1. The Morgan fingerprint density at radius 3 is 2.94 bits per heavy atom. The van der Waals surface area contributed by atoms with Crippen molar-refractivity contribution >= 4 is 33.2 Å². The minimum absolute atomic E-state index is 0.147. The van der Waals surface area contributed by atoms with Gasteiger partial charge in [-0.05, 0) is 30.7 Å². The smallest absolute Gasteiger partial charge is 0.260 e. The number of hydrogen-bond acceptors (Lipinski definition) is 7. The molecule has 1 unspecified atom stereocenters. The maximum atomic E-state index is 13.0. The van der Waals surface area contributed by atoms with E-state index in [1.54, 1.807) is 0 Å². The standard InChI is InChI=1S/C23H29ClN4O3S/c1-2-6-28(13-18(29)12-27-7-9-31-10-8-27)14-20-25-22(30)21-19(15-32-23(21)26-20)16-4-3-5-17(24)11-16/h3-5,11,15,18,29H,2,6-10,12-14H2,1H3,(H,25,26,30). The summed E-state index contributed by atoms with van der Waals surface area (Å²) in [6.07, 6.45) is 0.487. The highest BCUT2D eigenvalue weighted by molar-refractivity contribution is 7.17. The predicted molar refractivity (Wildman–Crippen MR) is 130 cm³/mol. The SMILES string of the molecule is CCCN(Cc1nc2scc(-c3cccc(Cl)c3)c2c(=O)[nH]1)CC(O)CN1CCOCC1. The van der Waals surface area contributed by atoms with Gasteiger partial charge >= 0.3 is 0 Å². The van der Waals surface area contributed by atoms with Crippen molar-refractivity contribution in [1.29, 1.82) is 0 Å². The van der Waals surface area contributed by atoms with Crippen LogP contribution in [0.25, 0.3) is 21.3 Å². The first-order chi connectivity index (χ1) is 15.5. The zero-order chi connectivity index (χ0) is 22.5. The van der Waals surface area contributed by atoms with Crippen LogP contribution in [-0.2, 0) is 11.3 Å². The minimum Gasteiger partial charge on any atom is -0.390 e. The van der Waals surface area contributed by atoms with E-state index in [-0.39, 0.29) is 5.56 Å².